The summed E-state index contributed by atoms with van der Waals surface area (Å²) in [6.07, 6.45) is 1.67. The molecule has 3 aromatic rings. The molecule has 3 N–H and O–H groups in total. The highest BCUT2D eigenvalue weighted by Crippen LogP contribution is 2.27. The molecule has 0 unspecified atom stereocenters. The van der Waals surface area contributed by atoms with Crippen molar-refractivity contribution in [2.75, 3.05) is 13.1 Å². The number of hydrogen-bond acceptors (Lipinski definition) is 3. The molecule has 1 fully saturated rings. The number of hydrogen-bond donors (Lipinski definition) is 2. The van der Waals surface area contributed by atoms with Crippen molar-refractivity contribution < 1.29 is 14.9 Å². The molecule has 2 heterocycles. The van der Waals surface area contributed by atoms with Crippen molar-refractivity contribution in [1.82, 2.24) is 15.1 Å². The Bertz CT molecular complexity index is 1030. The second-order valence-electron chi connectivity index (χ2n) is 6.35. The lowest BCUT2D eigenvalue weighted by Gasteiger charge is -2.23. The number of carbonyl (C=O) groups is 1. The molecule has 0 aliphatic carbocycles. The van der Waals surface area contributed by atoms with Crippen molar-refractivity contribution >= 4 is 16.8 Å². The monoisotopic (exact) mass is 357 g/mol. The molecule has 1 atom stereocenters. The number of piperidine rings is 1. The Balaban J connectivity index is 1.77. The fraction of sp³-hybridized carbons (Fsp3) is 0.263. The molecule has 0 radical (unpaired) electrons. The number of aromatic nitrogens is 2. The summed E-state index contributed by atoms with van der Waals surface area (Å²) in [4.78, 5) is 11.5. The van der Waals surface area contributed by atoms with Gasteiger partial charge in [-0.15, -0.1) is 0 Å². The fourth-order valence-electron chi connectivity index (χ4n) is 3.32. The Morgan fingerprint density at radius 1 is 1.31 bits per heavy atom. The second-order valence-corrected chi connectivity index (χ2v) is 6.35. The molecule has 1 aromatic heterocycles. The van der Waals surface area contributed by atoms with Gasteiger partial charge >= 0.3 is 0 Å². The number of primary amides is 1. The van der Waals surface area contributed by atoms with E-state index in [1.54, 1.807) is 24.3 Å². The molecule has 0 spiro atoms. The van der Waals surface area contributed by atoms with Gasteiger partial charge in [-0.1, -0.05) is 12.1 Å². The molecule has 1 aliphatic heterocycles. The summed E-state index contributed by atoms with van der Waals surface area (Å²) in [5.74, 6) is -3.13. The van der Waals surface area contributed by atoms with Crippen LogP contribution in [0.3, 0.4) is 0 Å². The number of amides is 1. The number of fused-ring (bicyclic) bond motifs is 1. The van der Waals surface area contributed by atoms with Crippen LogP contribution in [-0.4, -0.2) is 28.8 Å². The van der Waals surface area contributed by atoms with E-state index in [0.29, 0.717) is 12.2 Å². The third-order valence-electron chi connectivity index (χ3n) is 4.64. The van der Waals surface area contributed by atoms with Crippen molar-refractivity contribution in [2.45, 2.75) is 18.7 Å². The van der Waals surface area contributed by atoms with E-state index in [4.69, 9.17) is 7.10 Å². The number of nitrogens with two attached hydrogens (primary N) is 1. The van der Waals surface area contributed by atoms with Crippen LogP contribution in [0.25, 0.3) is 16.6 Å². The number of nitrogens with one attached hydrogen (secondary N) is 1. The highest BCUT2D eigenvalue weighted by atomic mass is 19.1. The number of rotatable bonds is 3. The standard InChI is InChI=1S/C19H18F2N4O/c20-13-8-15-17(16(9-13)19(22)26)24-25(18(15)21)14-5-3-11(4-6-14)12-2-1-7-23-10-12/h3-6,8-9,12,23H,1-2,7,10H2,(H2,22,26)/t12-/m0/s1/i12D. The lowest BCUT2D eigenvalue weighted by molar-refractivity contribution is 0.100. The Kier molecular flexibility index (Phi) is 3.86. The lowest BCUT2D eigenvalue weighted by Crippen LogP contribution is -2.28. The zero-order valence-electron chi connectivity index (χ0n) is 14.9. The normalized spacial score (nSPS) is 20.9. The lowest BCUT2D eigenvalue weighted by atomic mass is 9.92. The first-order valence-electron chi connectivity index (χ1n) is 8.88. The van der Waals surface area contributed by atoms with Crippen molar-refractivity contribution in [3.63, 3.8) is 0 Å². The summed E-state index contributed by atoms with van der Waals surface area (Å²) >= 11 is 0. The van der Waals surface area contributed by atoms with E-state index in [9.17, 15) is 13.6 Å². The van der Waals surface area contributed by atoms with Crippen LogP contribution in [0, 0.1) is 11.8 Å². The Labute approximate surface area is 150 Å². The summed E-state index contributed by atoms with van der Waals surface area (Å²) < 4.78 is 38.1. The number of benzene rings is 2. The van der Waals surface area contributed by atoms with Gasteiger partial charge in [0.15, 0.2) is 0 Å². The fourth-order valence-corrected chi connectivity index (χ4v) is 3.32. The van der Waals surface area contributed by atoms with Crippen molar-refractivity contribution in [2.24, 2.45) is 5.73 Å². The van der Waals surface area contributed by atoms with Crippen LogP contribution in [0.15, 0.2) is 36.4 Å². The third-order valence-corrected chi connectivity index (χ3v) is 4.64. The molecule has 26 heavy (non-hydrogen) atoms. The quantitative estimate of drug-likeness (QED) is 0.757. The molecule has 1 aliphatic rings. The van der Waals surface area contributed by atoms with Gasteiger partial charge in [-0.2, -0.15) is 9.49 Å². The van der Waals surface area contributed by atoms with Crippen LogP contribution in [0.5, 0.6) is 0 Å². The molecule has 0 saturated carbocycles. The maximum atomic E-state index is 14.8. The molecule has 1 saturated heterocycles. The van der Waals surface area contributed by atoms with E-state index in [2.05, 4.69) is 10.4 Å². The summed E-state index contributed by atoms with van der Waals surface area (Å²) in [5.41, 5.74) is 6.35. The van der Waals surface area contributed by atoms with Crippen LogP contribution in [0.2, 0.25) is 0 Å². The molecule has 4 rings (SSSR count). The average Bonchev–Trinajstić information content (AvgIpc) is 2.98. The number of carbonyl (C=O) groups excluding carboxylic acids is 1. The minimum Gasteiger partial charge on any atom is -0.366 e. The van der Waals surface area contributed by atoms with Gasteiger partial charge < -0.3 is 11.1 Å². The predicted octanol–water partition coefficient (Wildman–Crippen LogP) is 2.87. The molecule has 134 valence electrons. The Morgan fingerprint density at radius 3 is 2.73 bits per heavy atom. The van der Waals surface area contributed by atoms with Crippen molar-refractivity contribution in [3.8, 4) is 5.69 Å². The van der Waals surface area contributed by atoms with E-state index in [1.165, 1.54) is 0 Å². The molecule has 2 aromatic carbocycles. The predicted molar refractivity (Wildman–Crippen MR) is 94.3 cm³/mol. The number of nitrogens with zero attached hydrogens (tertiary/aromatic N) is 2. The van der Waals surface area contributed by atoms with Gasteiger partial charge in [0.05, 0.1) is 16.6 Å². The van der Waals surface area contributed by atoms with E-state index >= 15 is 0 Å². The summed E-state index contributed by atoms with van der Waals surface area (Å²) in [6.45, 7) is 1.47. The van der Waals surface area contributed by atoms with Crippen LogP contribution in [0.1, 0.15) is 36.0 Å². The van der Waals surface area contributed by atoms with Gasteiger partial charge in [0.25, 0.3) is 5.91 Å². The largest absolute Gasteiger partial charge is 0.366 e. The summed E-state index contributed by atoms with van der Waals surface area (Å²) in [7, 11) is 0. The van der Waals surface area contributed by atoms with Crippen LogP contribution >= 0.6 is 0 Å². The topological polar surface area (TPSA) is 72.9 Å². The smallest absolute Gasteiger partial charge is 0.251 e. The van der Waals surface area contributed by atoms with Gasteiger partial charge in [0.1, 0.15) is 11.3 Å². The van der Waals surface area contributed by atoms with E-state index in [0.717, 1.165) is 41.8 Å². The first-order chi connectivity index (χ1) is 12.9. The van der Waals surface area contributed by atoms with E-state index < -0.39 is 23.6 Å². The van der Waals surface area contributed by atoms with Crippen molar-refractivity contribution in [1.29, 1.82) is 0 Å². The van der Waals surface area contributed by atoms with Gasteiger partial charge in [0, 0.05) is 7.92 Å². The minimum atomic E-state index is -0.875. The number of halogens is 2. The minimum absolute atomic E-state index is 0.0129. The van der Waals surface area contributed by atoms with Gasteiger partial charge in [-0.3, -0.25) is 4.79 Å². The maximum absolute atomic E-state index is 14.8. The first-order valence-corrected chi connectivity index (χ1v) is 8.38. The molecular formula is C19H18F2N4O. The van der Waals surface area contributed by atoms with E-state index in [-0.39, 0.29) is 16.5 Å². The molecule has 7 heteroatoms. The third kappa shape index (κ3) is 2.84. The van der Waals surface area contributed by atoms with Crippen molar-refractivity contribution in [3.05, 3.63) is 59.3 Å². The van der Waals surface area contributed by atoms with Gasteiger partial charge in [-0.05, 0) is 55.1 Å². The van der Waals surface area contributed by atoms with Gasteiger partial charge in [0.2, 0.25) is 5.95 Å². The first kappa shape index (κ1) is 15.5. The molecule has 1 amide bonds. The summed E-state index contributed by atoms with van der Waals surface area (Å²) in [5, 5.41) is 7.23. The highest BCUT2D eigenvalue weighted by molar-refractivity contribution is 6.04. The van der Waals surface area contributed by atoms with E-state index in [1.807, 2.05) is 0 Å². The highest BCUT2D eigenvalue weighted by Gasteiger charge is 2.20. The Hall–Kier alpha value is -2.80. The SMILES string of the molecule is [2H][C@]1(c2ccc(-n3nc4c(C(N)=O)cc(F)cc4c3F)cc2)CCCNC1. The maximum Gasteiger partial charge on any atom is 0.251 e. The van der Waals surface area contributed by atoms with Crippen LogP contribution < -0.4 is 11.1 Å². The molecule has 5 nitrogen and oxygen atoms in total. The second kappa shape index (κ2) is 6.49. The Morgan fingerprint density at radius 2 is 2.08 bits per heavy atom. The zero-order chi connectivity index (χ0) is 19.2. The average molecular weight is 357 g/mol. The van der Waals surface area contributed by atoms with Crippen LogP contribution in [-0.2, 0) is 0 Å². The summed E-state index contributed by atoms with van der Waals surface area (Å²) in [6, 6.07) is 8.81. The zero-order valence-corrected chi connectivity index (χ0v) is 13.9. The van der Waals surface area contributed by atoms with Gasteiger partial charge in [-0.25, -0.2) is 9.07 Å². The molecule has 0 bridgehead atoms. The van der Waals surface area contributed by atoms with Crippen LogP contribution in [0.4, 0.5) is 8.78 Å². The molecular weight excluding hydrogens is 338 g/mol.